The van der Waals surface area contributed by atoms with Crippen LogP contribution in [0.2, 0.25) is 0 Å². The van der Waals surface area contributed by atoms with E-state index in [9.17, 15) is 19.4 Å². The van der Waals surface area contributed by atoms with E-state index in [1.54, 1.807) is 24.3 Å². The van der Waals surface area contributed by atoms with Gasteiger partial charge in [0.1, 0.15) is 17.7 Å². The molecule has 3 nitrogen and oxygen atoms in total. The van der Waals surface area contributed by atoms with Crippen molar-refractivity contribution < 1.29 is 19.4 Å². The fourth-order valence-electron chi connectivity index (χ4n) is 2.53. The van der Waals surface area contributed by atoms with Crippen LogP contribution in [0, 0.1) is 5.82 Å². The molecule has 0 fully saturated rings. The van der Waals surface area contributed by atoms with Gasteiger partial charge in [-0.1, -0.05) is 24.3 Å². The van der Waals surface area contributed by atoms with E-state index in [0.717, 1.165) is 16.3 Å². The molecule has 23 heavy (non-hydrogen) atoms. The molecular formula is C19H15FO3. The molecule has 3 aromatic rings. The lowest BCUT2D eigenvalue weighted by Crippen LogP contribution is -2.17. The summed E-state index contributed by atoms with van der Waals surface area (Å²) in [6.45, 7) is 1.32. The zero-order valence-corrected chi connectivity index (χ0v) is 12.5. The lowest BCUT2D eigenvalue weighted by atomic mass is 9.97. The summed E-state index contributed by atoms with van der Waals surface area (Å²) in [5.41, 5.74) is 1.39. The molecular weight excluding hydrogens is 295 g/mol. The summed E-state index contributed by atoms with van der Waals surface area (Å²) in [6.07, 6.45) is -1.25. The predicted octanol–water partition coefficient (Wildman–Crippen LogP) is 3.92. The fourth-order valence-corrected chi connectivity index (χ4v) is 2.53. The molecule has 2 N–H and O–H groups in total. The van der Waals surface area contributed by atoms with Crippen LogP contribution >= 0.6 is 0 Å². The molecule has 1 unspecified atom stereocenters. The third kappa shape index (κ3) is 2.94. The number of ketones is 1. The molecule has 3 aromatic carbocycles. The molecule has 1 atom stereocenters. The molecule has 0 aromatic heterocycles. The lowest BCUT2D eigenvalue weighted by molar-refractivity contribution is 0.0775. The number of hydrogen-bond donors (Lipinski definition) is 2. The second kappa shape index (κ2) is 5.82. The van der Waals surface area contributed by atoms with Gasteiger partial charge in [-0.25, -0.2) is 4.39 Å². The van der Waals surface area contributed by atoms with Crippen LogP contribution in [0.3, 0.4) is 0 Å². The van der Waals surface area contributed by atoms with Crippen molar-refractivity contribution in [3.63, 3.8) is 0 Å². The first kappa shape index (κ1) is 15.2. The Balaban J connectivity index is 2.10. The Labute approximate surface area is 132 Å². The average Bonchev–Trinajstić information content (AvgIpc) is 2.54. The minimum atomic E-state index is -1.25. The van der Waals surface area contributed by atoms with E-state index in [4.69, 9.17) is 0 Å². The number of halogens is 1. The minimum absolute atomic E-state index is 0.122. The van der Waals surface area contributed by atoms with Gasteiger partial charge in [0.05, 0.1) is 5.56 Å². The first-order valence-electron chi connectivity index (χ1n) is 7.21. The molecule has 0 amide bonds. The second-order valence-corrected chi connectivity index (χ2v) is 5.48. The Morgan fingerprint density at radius 2 is 1.57 bits per heavy atom. The van der Waals surface area contributed by atoms with Gasteiger partial charge < -0.3 is 10.2 Å². The summed E-state index contributed by atoms with van der Waals surface area (Å²) >= 11 is 0. The molecule has 0 radical (unpaired) electrons. The number of phenols is 1. The Morgan fingerprint density at radius 3 is 2.30 bits per heavy atom. The van der Waals surface area contributed by atoms with Crippen molar-refractivity contribution in [3.05, 3.63) is 66.0 Å². The quantitative estimate of drug-likeness (QED) is 0.721. The van der Waals surface area contributed by atoms with Crippen molar-refractivity contribution in [2.75, 3.05) is 0 Å². The molecule has 3 rings (SSSR count). The topological polar surface area (TPSA) is 57.5 Å². The van der Waals surface area contributed by atoms with E-state index in [-0.39, 0.29) is 11.3 Å². The van der Waals surface area contributed by atoms with Crippen LogP contribution in [0.25, 0.3) is 21.9 Å². The zero-order chi connectivity index (χ0) is 16.6. The molecule has 0 aliphatic rings. The van der Waals surface area contributed by atoms with Crippen molar-refractivity contribution >= 4 is 16.6 Å². The van der Waals surface area contributed by atoms with E-state index < -0.39 is 17.7 Å². The average molecular weight is 310 g/mol. The molecule has 0 bridgehead atoms. The standard InChI is InChI=1S/C19H15FO3/c1-11(21)19(23)17-10-15(5-7-18(17)20)12-2-3-14-9-16(22)6-4-13(14)8-12/h2-11,21-22H,1H3. The van der Waals surface area contributed by atoms with Gasteiger partial charge in [-0.05, 0) is 59.2 Å². The molecule has 0 saturated heterocycles. The van der Waals surface area contributed by atoms with E-state index >= 15 is 0 Å². The van der Waals surface area contributed by atoms with E-state index in [2.05, 4.69) is 0 Å². The molecule has 0 spiro atoms. The van der Waals surface area contributed by atoms with Crippen molar-refractivity contribution in [3.8, 4) is 16.9 Å². The van der Waals surface area contributed by atoms with E-state index in [1.165, 1.54) is 19.1 Å². The van der Waals surface area contributed by atoms with Crippen LogP contribution in [0.1, 0.15) is 17.3 Å². The summed E-state index contributed by atoms with van der Waals surface area (Å²) in [7, 11) is 0. The largest absolute Gasteiger partial charge is 0.508 e. The second-order valence-electron chi connectivity index (χ2n) is 5.48. The molecule has 0 aliphatic heterocycles. The monoisotopic (exact) mass is 310 g/mol. The lowest BCUT2D eigenvalue weighted by Gasteiger charge is -2.09. The van der Waals surface area contributed by atoms with Gasteiger partial charge in [0.15, 0.2) is 5.78 Å². The van der Waals surface area contributed by atoms with Crippen LogP contribution in [-0.4, -0.2) is 22.1 Å². The third-order valence-corrected chi connectivity index (χ3v) is 3.77. The Hall–Kier alpha value is -2.72. The molecule has 0 heterocycles. The van der Waals surface area contributed by atoms with Gasteiger partial charge in [-0.15, -0.1) is 0 Å². The molecule has 0 saturated carbocycles. The van der Waals surface area contributed by atoms with Crippen LogP contribution in [0.4, 0.5) is 4.39 Å². The van der Waals surface area contributed by atoms with Crippen LogP contribution < -0.4 is 0 Å². The number of hydrogen-bond acceptors (Lipinski definition) is 3. The maximum atomic E-state index is 13.8. The number of benzene rings is 3. The minimum Gasteiger partial charge on any atom is -0.508 e. The van der Waals surface area contributed by atoms with Crippen molar-refractivity contribution in [1.82, 2.24) is 0 Å². The number of aliphatic hydroxyl groups is 1. The molecule has 116 valence electrons. The summed E-state index contributed by atoms with van der Waals surface area (Å²) in [4.78, 5) is 11.9. The number of rotatable bonds is 3. The summed E-state index contributed by atoms with van der Waals surface area (Å²) in [6, 6.07) is 14.9. The number of aromatic hydroxyl groups is 1. The summed E-state index contributed by atoms with van der Waals surface area (Å²) in [5, 5.41) is 20.7. The number of carbonyl (C=O) groups excluding carboxylic acids is 1. The summed E-state index contributed by atoms with van der Waals surface area (Å²) in [5.74, 6) is -1.10. The van der Waals surface area contributed by atoms with Crippen molar-refractivity contribution in [1.29, 1.82) is 0 Å². The SMILES string of the molecule is CC(O)C(=O)c1cc(-c2ccc3cc(O)ccc3c2)ccc1F. The smallest absolute Gasteiger partial charge is 0.193 e. The highest BCUT2D eigenvalue weighted by Crippen LogP contribution is 2.28. The Kier molecular flexibility index (Phi) is 3.84. The van der Waals surface area contributed by atoms with Gasteiger partial charge in [-0.2, -0.15) is 0 Å². The predicted molar refractivity (Wildman–Crippen MR) is 87.0 cm³/mol. The van der Waals surface area contributed by atoms with Crippen LogP contribution in [0.15, 0.2) is 54.6 Å². The summed E-state index contributed by atoms with van der Waals surface area (Å²) < 4.78 is 13.8. The van der Waals surface area contributed by atoms with Gasteiger partial charge in [-0.3, -0.25) is 4.79 Å². The van der Waals surface area contributed by atoms with E-state index in [1.807, 2.05) is 18.2 Å². The van der Waals surface area contributed by atoms with Crippen LogP contribution in [-0.2, 0) is 0 Å². The Morgan fingerprint density at radius 1 is 0.957 bits per heavy atom. The highest BCUT2D eigenvalue weighted by Gasteiger charge is 2.17. The zero-order valence-electron chi connectivity index (χ0n) is 12.5. The number of fused-ring (bicyclic) bond motifs is 1. The highest BCUT2D eigenvalue weighted by molar-refractivity contribution is 6.00. The van der Waals surface area contributed by atoms with Gasteiger partial charge in [0, 0.05) is 0 Å². The van der Waals surface area contributed by atoms with Gasteiger partial charge >= 0.3 is 0 Å². The molecule has 0 aliphatic carbocycles. The number of phenolic OH excluding ortho intramolecular Hbond substituents is 1. The number of Topliss-reactive ketones (excluding diaryl/α,β-unsaturated/α-hetero) is 1. The fraction of sp³-hybridized carbons (Fsp3) is 0.105. The number of aliphatic hydroxyl groups excluding tert-OH is 1. The normalized spacial score (nSPS) is 12.3. The first-order valence-corrected chi connectivity index (χ1v) is 7.21. The third-order valence-electron chi connectivity index (χ3n) is 3.77. The highest BCUT2D eigenvalue weighted by atomic mass is 19.1. The van der Waals surface area contributed by atoms with Crippen LogP contribution in [0.5, 0.6) is 5.75 Å². The van der Waals surface area contributed by atoms with Gasteiger partial charge in [0.2, 0.25) is 0 Å². The van der Waals surface area contributed by atoms with Crippen molar-refractivity contribution in [2.45, 2.75) is 13.0 Å². The van der Waals surface area contributed by atoms with Crippen molar-refractivity contribution in [2.24, 2.45) is 0 Å². The number of carbonyl (C=O) groups is 1. The van der Waals surface area contributed by atoms with E-state index in [0.29, 0.717) is 5.56 Å². The maximum Gasteiger partial charge on any atom is 0.193 e. The first-order chi connectivity index (χ1) is 11.0. The van der Waals surface area contributed by atoms with Gasteiger partial charge in [0.25, 0.3) is 0 Å². The maximum absolute atomic E-state index is 13.8. The Bertz CT molecular complexity index is 900. The molecule has 4 heteroatoms.